The molecule has 0 bridgehead atoms. The molecule has 0 radical (unpaired) electrons. The fourth-order valence-electron chi connectivity index (χ4n) is 2.61. The fraction of sp³-hybridized carbons (Fsp3) is 0.692. The predicted octanol–water partition coefficient (Wildman–Crippen LogP) is 3.92. The van der Waals surface area contributed by atoms with E-state index in [-0.39, 0.29) is 0 Å². The van der Waals surface area contributed by atoms with Crippen molar-refractivity contribution in [3.05, 3.63) is 15.4 Å². The van der Waals surface area contributed by atoms with Gasteiger partial charge in [0.15, 0.2) is 0 Å². The van der Waals surface area contributed by atoms with E-state index in [0.29, 0.717) is 16.7 Å². The van der Waals surface area contributed by atoms with Gasteiger partial charge in [0.2, 0.25) is 10.0 Å². The van der Waals surface area contributed by atoms with Gasteiger partial charge in [0.1, 0.15) is 4.21 Å². The van der Waals surface area contributed by atoms with Crippen molar-refractivity contribution >= 4 is 37.3 Å². The molecule has 2 rings (SSSR count). The molecule has 1 N–H and O–H groups in total. The van der Waals surface area contributed by atoms with Gasteiger partial charge in [-0.15, -0.1) is 11.3 Å². The first-order chi connectivity index (χ1) is 8.88. The monoisotopic (exact) mass is 365 g/mol. The lowest BCUT2D eigenvalue weighted by molar-refractivity contribution is 0.283. The van der Waals surface area contributed by atoms with E-state index in [0.717, 1.165) is 28.1 Å². The van der Waals surface area contributed by atoms with Gasteiger partial charge in [-0.3, -0.25) is 0 Å². The molecule has 0 spiro atoms. The van der Waals surface area contributed by atoms with Gasteiger partial charge in [-0.25, -0.2) is 13.1 Å². The molecule has 0 aliphatic heterocycles. The summed E-state index contributed by atoms with van der Waals surface area (Å²) in [5.74, 6) is 1.21. The van der Waals surface area contributed by atoms with Crippen LogP contribution in [-0.4, -0.2) is 15.0 Å². The van der Waals surface area contributed by atoms with Crippen LogP contribution in [0.5, 0.6) is 0 Å². The van der Waals surface area contributed by atoms with E-state index < -0.39 is 10.0 Å². The normalized spacial score (nSPS) is 24.6. The number of nitrogens with one attached hydrogen (secondary N) is 1. The van der Waals surface area contributed by atoms with E-state index in [9.17, 15) is 8.42 Å². The number of hydrogen-bond donors (Lipinski definition) is 1. The van der Waals surface area contributed by atoms with Crippen molar-refractivity contribution in [1.82, 2.24) is 4.72 Å². The largest absolute Gasteiger partial charge is 0.250 e. The first-order valence-electron chi connectivity index (χ1n) is 6.64. The maximum Gasteiger partial charge on any atom is 0.250 e. The smallest absolute Gasteiger partial charge is 0.210 e. The van der Waals surface area contributed by atoms with Gasteiger partial charge >= 0.3 is 0 Å². The highest BCUT2D eigenvalue weighted by molar-refractivity contribution is 9.11. The quantitative estimate of drug-likeness (QED) is 0.878. The molecule has 6 heteroatoms. The molecule has 0 saturated heterocycles. The number of sulfonamides is 1. The molecule has 2 unspecified atom stereocenters. The van der Waals surface area contributed by atoms with Crippen LogP contribution in [0, 0.1) is 18.8 Å². The summed E-state index contributed by atoms with van der Waals surface area (Å²) in [6.45, 7) is 4.73. The van der Waals surface area contributed by atoms with Crippen LogP contribution in [0.2, 0.25) is 0 Å². The van der Waals surface area contributed by atoms with Crippen molar-refractivity contribution in [3.63, 3.8) is 0 Å². The van der Waals surface area contributed by atoms with Crippen LogP contribution < -0.4 is 4.72 Å². The van der Waals surface area contributed by atoms with Crippen LogP contribution in [0.4, 0.5) is 0 Å². The molecule has 1 heterocycles. The molecule has 1 saturated carbocycles. The van der Waals surface area contributed by atoms with Crippen LogP contribution in [0.1, 0.15) is 38.2 Å². The van der Waals surface area contributed by atoms with E-state index >= 15 is 0 Å². The summed E-state index contributed by atoms with van der Waals surface area (Å²) in [5.41, 5.74) is 0.969. The number of aryl methyl sites for hydroxylation is 1. The molecule has 108 valence electrons. The Labute approximate surface area is 128 Å². The third kappa shape index (κ3) is 4.03. The van der Waals surface area contributed by atoms with E-state index in [2.05, 4.69) is 27.6 Å². The standard InChI is InChI=1S/C13H20BrNO2S2/c1-9-4-3-5-11(6-9)8-15-19(16,17)12-7-10(2)13(14)18-12/h7,9,11,15H,3-6,8H2,1-2H3. The maximum absolute atomic E-state index is 12.2. The highest BCUT2D eigenvalue weighted by Gasteiger charge is 2.23. The molecule has 1 aliphatic carbocycles. The van der Waals surface area contributed by atoms with Crippen LogP contribution in [-0.2, 0) is 10.0 Å². The van der Waals surface area contributed by atoms with E-state index in [1.54, 1.807) is 6.07 Å². The summed E-state index contributed by atoms with van der Waals surface area (Å²) in [6.07, 6.45) is 4.77. The van der Waals surface area contributed by atoms with Gasteiger partial charge < -0.3 is 0 Å². The first kappa shape index (κ1) is 15.5. The van der Waals surface area contributed by atoms with Gasteiger partial charge in [-0.1, -0.05) is 19.8 Å². The lowest BCUT2D eigenvalue weighted by Gasteiger charge is -2.26. The zero-order chi connectivity index (χ0) is 14.0. The molecule has 19 heavy (non-hydrogen) atoms. The van der Waals surface area contributed by atoms with Crippen molar-refractivity contribution in [3.8, 4) is 0 Å². The Morgan fingerprint density at radius 2 is 2.21 bits per heavy atom. The van der Waals surface area contributed by atoms with Crippen molar-refractivity contribution in [2.45, 2.75) is 43.7 Å². The third-order valence-electron chi connectivity index (χ3n) is 3.71. The van der Waals surface area contributed by atoms with Crippen LogP contribution in [0.15, 0.2) is 14.1 Å². The van der Waals surface area contributed by atoms with E-state index in [4.69, 9.17) is 0 Å². The average Bonchev–Trinajstić information content (AvgIpc) is 2.68. The lowest BCUT2D eigenvalue weighted by atomic mass is 9.83. The second kappa shape index (κ2) is 6.24. The Balaban J connectivity index is 1.98. The second-order valence-corrected chi connectivity index (χ2v) is 9.88. The van der Waals surface area contributed by atoms with E-state index in [1.807, 2.05) is 6.92 Å². The molecule has 0 aromatic carbocycles. The minimum Gasteiger partial charge on any atom is -0.210 e. The lowest BCUT2D eigenvalue weighted by Crippen LogP contribution is -2.31. The summed E-state index contributed by atoms with van der Waals surface area (Å²) >= 11 is 4.65. The van der Waals surface area contributed by atoms with Gasteiger partial charge in [0.25, 0.3) is 0 Å². The number of rotatable bonds is 4. The van der Waals surface area contributed by atoms with Crippen LogP contribution in [0.25, 0.3) is 0 Å². The Bertz CT molecular complexity index is 519. The van der Waals surface area contributed by atoms with Crippen molar-refractivity contribution < 1.29 is 8.42 Å². The van der Waals surface area contributed by atoms with Gasteiger partial charge in [-0.05, 0) is 59.2 Å². The minimum absolute atomic E-state index is 0.403. The molecule has 1 aliphatic rings. The highest BCUT2D eigenvalue weighted by atomic mass is 79.9. The molecule has 1 fully saturated rings. The zero-order valence-electron chi connectivity index (χ0n) is 11.3. The summed E-state index contributed by atoms with van der Waals surface area (Å²) in [4.78, 5) is 0. The van der Waals surface area contributed by atoms with Gasteiger partial charge in [-0.2, -0.15) is 0 Å². The Morgan fingerprint density at radius 1 is 1.47 bits per heavy atom. The zero-order valence-corrected chi connectivity index (χ0v) is 14.5. The topological polar surface area (TPSA) is 46.2 Å². The molecule has 1 aromatic heterocycles. The molecule has 0 amide bonds. The third-order valence-corrected chi connectivity index (χ3v) is 7.74. The molecule has 2 atom stereocenters. The Morgan fingerprint density at radius 3 is 2.79 bits per heavy atom. The van der Waals surface area contributed by atoms with Gasteiger partial charge in [0.05, 0.1) is 3.79 Å². The van der Waals surface area contributed by atoms with Crippen LogP contribution >= 0.6 is 27.3 Å². The number of hydrogen-bond acceptors (Lipinski definition) is 3. The molecular formula is C13H20BrNO2S2. The molecule has 3 nitrogen and oxygen atoms in total. The van der Waals surface area contributed by atoms with Crippen molar-refractivity contribution in [2.75, 3.05) is 6.54 Å². The summed E-state index contributed by atoms with van der Waals surface area (Å²) in [5, 5.41) is 0. The van der Waals surface area contributed by atoms with Crippen molar-refractivity contribution in [2.24, 2.45) is 11.8 Å². The SMILES string of the molecule is Cc1cc(S(=O)(=O)NCC2CCCC(C)C2)sc1Br. The average molecular weight is 366 g/mol. The van der Waals surface area contributed by atoms with Gasteiger partial charge in [0, 0.05) is 6.54 Å². The Hall–Kier alpha value is 0.0900. The Kier molecular flexibility index (Phi) is 5.09. The summed E-state index contributed by atoms with van der Waals surface area (Å²) in [6, 6.07) is 1.72. The maximum atomic E-state index is 12.2. The summed E-state index contributed by atoms with van der Waals surface area (Å²) < 4.78 is 28.5. The molecule has 1 aromatic rings. The minimum atomic E-state index is -3.34. The second-order valence-electron chi connectivity index (χ2n) is 5.51. The predicted molar refractivity (Wildman–Crippen MR) is 83.1 cm³/mol. The first-order valence-corrected chi connectivity index (χ1v) is 9.73. The van der Waals surface area contributed by atoms with Crippen LogP contribution in [0.3, 0.4) is 0 Å². The molecular weight excluding hydrogens is 346 g/mol. The fourth-order valence-corrected chi connectivity index (χ4v) is 5.99. The number of halogens is 1. The van der Waals surface area contributed by atoms with Crippen molar-refractivity contribution in [1.29, 1.82) is 0 Å². The van der Waals surface area contributed by atoms with E-state index in [1.165, 1.54) is 24.2 Å². The number of thiophene rings is 1. The highest BCUT2D eigenvalue weighted by Crippen LogP contribution is 2.31. The summed E-state index contributed by atoms with van der Waals surface area (Å²) in [7, 11) is -3.34.